The van der Waals surface area contributed by atoms with Crippen molar-refractivity contribution in [2.24, 2.45) is 0 Å². The van der Waals surface area contributed by atoms with E-state index < -0.39 is 0 Å². The molecule has 0 aliphatic carbocycles. The first-order valence-corrected chi connectivity index (χ1v) is 9.41. The number of aryl methyl sites for hydroxylation is 2. The maximum absolute atomic E-state index is 12.9. The summed E-state index contributed by atoms with van der Waals surface area (Å²) in [4.78, 5) is 19.7. The lowest BCUT2D eigenvalue weighted by Gasteiger charge is -2.21. The van der Waals surface area contributed by atoms with Gasteiger partial charge in [-0.05, 0) is 37.1 Å². The van der Waals surface area contributed by atoms with Crippen LogP contribution in [-0.2, 0) is 16.1 Å². The van der Waals surface area contributed by atoms with Crippen LogP contribution in [0.25, 0.3) is 11.0 Å². The number of fused-ring (bicyclic) bond motifs is 1. The fraction of sp³-hybridized carbons (Fsp3) is 0.364. The van der Waals surface area contributed by atoms with Crippen LogP contribution < -0.4 is 4.90 Å². The number of ether oxygens (including phenoxy) is 1. The van der Waals surface area contributed by atoms with E-state index in [2.05, 4.69) is 36.6 Å². The molecular formula is C22H25N3O2. The molecule has 1 aromatic heterocycles. The molecule has 0 N–H and O–H groups in total. The molecule has 0 saturated carbocycles. The Hall–Kier alpha value is -2.66. The van der Waals surface area contributed by atoms with E-state index in [0.717, 1.165) is 40.2 Å². The van der Waals surface area contributed by atoms with Gasteiger partial charge in [0.25, 0.3) is 0 Å². The Morgan fingerprint density at radius 3 is 2.59 bits per heavy atom. The minimum atomic E-state index is 0.0840. The molecule has 0 bridgehead atoms. The number of benzene rings is 2. The van der Waals surface area contributed by atoms with Gasteiger partial charge in [-0.1, -0.05) is 30.3 Å². The molecule has 1 amide bonds. The summed E-state index contributed by atoms with van der Waals surface area (Å²) in [7, 11) is 1.71. The molecule has 1 saturated heterocycles. The van der Waals surface area contributed by atoms with Crippen LogP contribution in [0.5, 0.6) is 0 Å². The second-order valence-electron chi connectivity index (χ2n) is 7.25. The normalized spacial score (nSPS) is 17.2. The van der Waals surface area contributed by atoms with Crippen molar-refractivity contribution >= 4 is 22.6 Å². The maximum Gasteiger partial charge on any atom is 0.227 e. The van der Waals surface area contributed by atoms with E-state index in [9.17, 15) is 4.79 Å². The van der Waals surface area contributed by atoms with Gasteiger partial charge in [-0.2, -0.15) is 0 Å². The smallest absolute Gasteiger partial charge is 0.227 e. The predicted molar refractivity (Wildman–Crippen MR) is 107 cm³/mol. The van der Waals surface area contributed by atoms with Gasteiger partial charge >= 0.3 is 0 Å². The fourth-order valence-electron chi connectivity index (χ4n) is 4.15. The molecule has 1 aliphatic rings. The standard InChI is InChI=1S/C22H25N3O2/c1-15-7-6-8-16(2)21(15)25-14-17(13-20(25)26)22-23-18-9-4-5-10-19(18)24(22)11-12-27-3/h4-10,17H,11-14H2,1-3H3. The zero-order valence-electron chi connectivity index (χ0n) is 16.1. The van der Waals surface area contributed by atoms with E-state index in [-0.39, 0.29) is 11.8 Å². The minimum Gasteiger partial charge on any atom is -0.383 e. The number of rotatable bonds is 5. The van der Waals surface area contributed by atoms with Crippen molar-refractivity contribution in [1.82, 2.24) is 9.55 Å². The van der Waals surface area contributed by atoms with Crippen molar-refractivity contribution in [3.63, 3.8) is 0 Å². The zero-order chi connectivity index (χ0) is 19.0. The fourth-order valence-corrected chi connectivity index (χ4v) is 4.15. The van der Waals surface area contributed by atoms with Gasteiger partial charge in [-0.25, -0.2) is 4.98 Å². The SMILES string of the molecule is COCCn1c(C2CC(=O)N(c3c(C)cccc3C)C2)nc2ccccc21. The molecule has 1 atom stereocenters. The Kier molecular flexibility index (Phi) is 4.70. The number of aromatic nitrogens is 2. The first kappa shape index (κ1) is 17.7. The summed E-state index contributed by atoms with van der Waals surface area (Å²) in [5, 5.41) is 0. The van der Waals surface area contributed by atoms with E-state index in [4.69, 9.17) is 9.72 Å². The molecule has 1 fully saturated rings. The summed E-state index contributed by atoms with van der Waals surface area (Å²) in [5.41, 5.74) is 5.39. The Bertz CT molecular complexity index is 972. The number of carbonyl (C=O) groups excluding carboxylic acids is 1. The third-order valence-electron chi connectivity index (χ3n) is 5.40. The van der Waals surface area contributed by atoms with Crippen LogP contribution in [0.1, 0.15) is 29.3 Å². The zero-order valence-corrected chi connectivity index (χ0v) is 16.1. The first-order chi connectivity index (χ1) is 13.1. The molecule has 3 aromatic rings. The Labute approximate surface area is 159 Å². The summed E-state index contributed by atoms with van der Waals surface area (Å²) in [6.07, 6.45) is 0.490. The number of anilines is 1. The Morgan fingerprint density at radius 2 is 1.85 bits per heavy atom. The quantitative estimate of drug-likeness (QED) is 0.692. The highest BCUT2D eigenvalue weighted by atomic mass is 16.5. The molecule has 27 heavy (non-hydrogen) atoms. The molecule has 0 radical (unpaired) electrons. The van der Waals surface area contributed by atoms with Crippen LogP contribution >= 0.6 is 0 Å². The van der Waals surface area contributed by atoms with Gasteiger partial charge in [0, 0.05) is 38.2 Å². The molecule has 2 heterocycles. The van der Waals surface area contributed by atoms with Gasteiger partial charge < -0.3 is 14.2 Å². The second kappa shape index (κ2) is 7.16. The molecule has 2 aromatic carbocycles. The molecule has 140 valence electrons. The average molecular weight is 363 g/mol. The Morgan fingerprint density at radius 1 is 1.11 bits per heavy atom. The highest BCUT2D eigenvalue weighted by Crippen LogP contribution is 2.35. The summed E-state index contributed by atoms with van der Waals surface area (Å²) in [5.74, 6) is 1.24. The lowest BCUT2D eigenvalue weighted by atomic mass is 10.1. The van der Waals surface area contributed by atoms with Crippen LogP contribution in [0.15, 0.2) is 42.5 Å². The van der Waals surface area contributed by atoms with E-state index in [1.54, 1.807) is 7.11 Å². The van der Waals surface area contributed by atoms with Crippen LogP contribution in [0, 0.1) is 13.8 Å². The highest BCUT2D eigenvalue weighted by molar-refractivity contribution is 5.98. The summed E-state index contributed by atoms with van der Waals surface area (Å²) < 4.78 is 7.51. The predicted octanol–water partition coefficient (Wildman–Crippen LogP) is 3.82. The number of hydrogen-bond donors (Lipinski definition) is 0. The lowest BCUT2D eigenvalue weighted by molar-refractivity contribution is -0.117. The molecule has 4 rings (SSSR count). The van der Waals surface area contributed by atoms with Crippen LogP contribution in [0.4, 0.5) is 5.69 Å². The highest BCUT2D eigenvalue weighted by Gasteiger charge is 2.35. The van der Waals surface area contributed by atoms with Crippen LogP contribution in [-0.4, -0.2) is 35.7 Å². The largest absolute Gasteiger partial charge is 0.383 e. The van der Waals surface area contributed by atoms with E-state index >= 15 is 0 Å². The molecule has 1 aliphatic heterocycles. The van der Waals surface area contributed by atoms with Gasteiger partial charge in [0.15, 0.2) is 0 Å². The Balaban J connectivity index is 1.72. The van der Waals surface area contributed by atoms with Crippen molar-refractivity contribution in [3.8, 4) is 0 Å². The summed E-state index contributed by atoms with van der Waals surface area (Å²) in [6, 6.07) is 14.3. The van der Waals surface area contributed by atoms with Crippen molar-refractivity contribution in [2.45, 2.75) is 32.7 Å². The molecule has 5 heteroatoms. The number of hydrogen-bond acceptors (Lipinski definition) is 3. The number of carbonyl (C=O) groups is 1. The van der Waals surface area contributed by atoms with Crippen molar-refractivity contribution < 1.29 is 9.53 Å². The molecule has 1 unspecified atom stereocenters. The van der Waals surface area contributed by atoms with Gasteiger partial charge in [-0.3, -0.25) is 4.79 Å². The van der Waals surface area contributed by atoms with Crippen molar-refractivity contribution in [1.29, 1.82) is 0 Å². The monoisotopic (exact) mass is 363 g/mol. The number of para-hydroxylation sites is 3. The topological polar surface area (TPSA) is 47.4 Å². The number of amides is 1. The van der Waals surface area contributed by atoms with Crippen molar-refractivity contribution in [2.75, 3.05) is 25.2 Å². The van der Waals surface area contributed by atoms with Gasteiger partial charge in [-0.15, -0.1) is 0 Å². The van der Waals surface area contributed by atoms with Crippen LogP contribution in [0.3, 0.4) is 0 Å². The summed E-state index contributed by atoms with van der Waals surface area (Å²) >= 11 is 0. The second-order valence-corrected chi connectivity index (χ2v) is 7.25. The third-order valence-corrected chi connectivity index (χ3v) is 5.40. The number of nitrogens with zero attached hydrogens (tertiary/aromatic N) is 3. The van der Waals surface area contributed by atoms with E-state index in [1.165, 1.54) is 0 Å². The average Bonchev–Trinajstić information content (AvgIpc) is 3.21. The molecular weight excluding hydrogens is 338 g/mol. The van der Waals surface area contributed by atoms with Gasteiger partial charge in [0.2, 0.25) is 5.91 Å². The minimum absolute atomic E-state index is 0.0840. The third kappa shape index (κ3) is 3.12. The molecule has 5 nitrogen and oxygen atoms in total. The first-order valence-electron chi connectivity index (χ1n) is 9.41. The van der Waals surface area contributed by atoms with E-state index in [0.29, 0.717) is 19.6 Å². The number of imidazole rings is 1. The summed E-state index contributed by atoms with van der Waals surface area (Å²) in [6.45, 7) is 6.16. The number of methoxy groups -OCH3 is 1. The van der Waals surface area contributed by atoms with Crippen molar-refractivity contribution in [3.05, 3.63) is 59.4 Å². The van der Waals surface area contributed by atoms with Gasteiger partial charge in [0.05, 0.1) is 17.6 Å². The van der Waals surface area contributed by atoms with Crippen LogP contribution in [0.2, 0.25) is 0 Å². The van der Waals surface area contributed by atoms with E-state index in [1.807, 2.05) is 29.2 Å². The molecule has 0 spiro atoms. The lowest BCUT2D eigenvalue weighted by Crippen LogP contribution is -2.26. The maximum atomic E-state index is 12.9. The van der Waals surface area contributed by atoms with Gasteiger partial charge in [0.1, 0.15) is 5.82 Å².